The summed E-state index contributed by atoms with van der Waals surface area (Å²) in [6.07, 6.45) is 0. The molecule has 0 bridgehead atoms. The number of methoxy groups -OCH3 is 1. The number of carbonyl (C=O) groups excluding carboxylic acids is 1. The van der Waals surface area contributed by atoms with Gasteiger partial charge >= 0.3 is 0 Å². The minimum Gasteiger partial charge on any atom is -0.383 e. The number of halogens is 1. The van der Waals surface area contributed by atoms with Crippen molar-refractivity contribution >= 4 is 28.3 Å². The molecule has 1 fully saturated rings. The molecule has 1 amide bonds. The molecule has 0 saturated carbocycles. The Kier molecular flexibility index (Phi) is 8.49. The van der Waals surface area contributed by atoms with Crippen molar-refractivity contribution in [3.05, 3.63) is 29.8 Å². The van der Waals surface area contributed by atoms with Crippen LogP contribution in [-0.4, -0.2) is 69.5 Å². The molecule has 7 nitrogen and oxygen atoms in total. The number of nitrogens with two attached hydrogens (primary N) is 1. The number of hydrogen-bond acceptors (Lipinski definition) is 5. The van der Waals surface area contributed by atoms with E-state index in [-0.39, 0.29) is 42.9 Å². The predicted octanol–water partition coefficient (Wildman–Crippen LogP) is 1.04. The third-order valence-electron chi connectivity index (χ3n) is 4.40. The topological polar surface area (TPSA) is 92.9 Å². The van der Waals surface area contributed by atoms with Crippen LogP contribution in [0.3, 0.4) is 0 Å². The molecule has 0 radical (unpaired) electrons. The Morgan fingerprint density at radius 1 is 1.15 bits per heavy atom. The zero-order valence-electron chi connectivity index (χ0n) is 15.4. The first-order valence-corrected chi connectivity index (χ1v) is 9.84. The van der Waals surface area contributed by atoms with Crippen LogP contribution >= 0.6 is 12.4 Å². The molecule has 1 saturated heterocycles. The van der Waals surface area contributed by atoms with Gasteiger partial charge in [0.25, 0.3) is 0 Å². The molecule has 1 aromatic rings. The van der Waals surface area contributed by atoms with E-state index in [9.17, 15) is 13.2 Å². The van der Waals surface area contributed by atoms with Gasteiger partial charge in [0.05, 0.1) is 11.5 Å². The number of nitrogens with zero attached hydrogens (tertiary/aromatic N) is 2. The summed E-state index contributed by atoms with van der Waals surface area (Å²) in [5.74, 6) is 0.141. The number of ether oxygens (including phenoxy) is 1. The second-order valence-corrected chi connectivity index (χ2v) is 8.45. The lowest BCUT2D eigenvalue weighted by Gasteiger charge is -2.35. The van der Waals surface area contributed by atoms with E-state index in [4.69, 9.17) is 10.5 Å². The highest BCUT2D eigenvalue weighted by atomic mass is 35.5. The van der Waals surface area contributed by atoms with E-state index in [2.05, 4.69) is 13.8 Å². The average Bonchev–Trinajstić information content (AvgIpc) is 2.61. The van der Waals surface area contributed by atoms with E-state index in [1.54, 1.807) is 17.0 Å². The van der Waals surface area contributed by atoms with Crippen molar-refractivity contribution in [3.63, 3.8) is 0 Å². The van der Waals surface area contributed by atoms with Gasteiger partial charge in [0, 0.05) is 33.3 Å². The largest absolute Gasteiger partial charge is 0.383 e. The summed E-state index contributed by atoms with van der Waals surface area (Å²) in [5, 5.41) is 0. The summed E-state index contributed by atoms with van der Waals surface area (Å²) in [6, 6.07) is 6.28. The Labute approximate surface area is 161 Å². The first-order chi connectivity index (χ1) is 11.8. The molecule has 1 unspecified atom stereocenters. The van der Waals surface area contributed by atoms with E-state index in [1.165, 1.54) is 11.4 Å². The van der Waals surface area contributed by atoms with E-state index < -0.39 is 16.1 Å². The Bertz CT molecular complexity index is 686. The highest BCUT2D eigenvalue weighted by Crippen LogP contribution is 2.21. The fourth-order valence-corrected chi connectivity index (χ4v) is 4.23. The van der Waals surface area contributed by atoms with Gasteiger partial charge < -0.3 is 15.4 Å². The summed E-state index contributed by atoms with van der Waals surface area (Å²) in [4.78, 5) is 14.0. The zero-order valence-corrected chi connectivity index (χ0v) is 17.1. The number of benzene rings is 1. The Balaban J connectivity index is 0.00000338. The van der Waals surface area contributed by atoms with Crippen molar-refractivity contribution in [2.45, 2.75) is 30.7 Å². The van der Waals surface area contributed by atoms with E-state index in [1.807, 2.05) is 12.1 Å². The maximum atomic E-state index is 12.8. The molecule has 26 heavy (non-hydrogen) atoms. The monoisotopic (exact) mass is 405 g/mol. The van der Waals surface area contributed by atoms with E-state index >= 15 is 0 Å². The highest BCUT2D eigenvalue weighted by molar-refractivity contribution is 7.89. The summed E-state index contributed by atoms with van der Waals surface area (Å²) < 4.78 is 31.8. The van der Waals surface area contributed by atoms with Crippen LogP contribution in [0, 0.1) is 0 Å². The predicted molar refractivity (Wildman–Crippen MR) is 103 cm³/mol. The van der Waals surface area contributed by atoms with Crippen LogP contribution < -0.4 is 5.73 Å². The molecule has 1 atom stereocenters. The lowest BCUT2D eigenvalue weighted by atomic mass is 10.0. The SMILES string of the molecule is COCC(N)C(=O)N1CCN(S(=O)(=O)c2ccc(C(C)C)cc2)CC1.Cl. The van der Waals surface area contributed by atoms with Crippen LogP contribution in [0.15, 0.2) is 29.2 Å². The van der Waals surface area contributed by atoms with Gasteiger partial charge in [-0.05, 0) is 23.6 Å². The molecule has 148 valence electrons. The fraction of sp³-hybridized carbons (Fsp3) is 0.588. The number of amides is 1. The van der Waals surface area contributed by atoms with Crippen molar-refractivity contribution in [1.82, 2.24) is 9.21 Å². The summed E-state index contributed by atoms with van der Waals surface area (Å²) >= 11 is 0. The van der Waals surface area contributed by atoms with Gasteiger partial charge in [0.15, 0.2) is 0 Å². The Hall–Kier alpha value is -1.19. The van der Waals surface area contributed by atoms with Crippen LogP contribution in [0.25, 0.3) is 0 Å². The van der Waals surface area contributed by atoms with Gasteiger partial charge in [-0.2, -0.15) is 4.31 Å². The van der Waals surface area contributed by atoms with E-state index in [0.29, 0.717) is 19.0 Å². The molecule has 1 aliphatic heterocycles. The molecule has 0 aromatic heterocycles. The molecule has 2 rings (SSSR count). The minimum absolute atomic E-state index is 0. The number of hydrogen-bond donors (Lipinski definition) is 1. The molecule has 9 heteroatoms. The number of sulfonamides is 1. The van der Waals surface area contributed by atoms with Crippen molar-refractivity contribution in [2.75, 3.05) is 39.9 Å². The normalized spacial score (nSPS) is 17.0. The molecule has 1 aromatic carbocycles. The maximum Gasteiger partial charge on any atom is 0.243 e. The molecule has 2 N–H and O–H groups in total. The second-order valence-electron chi connectivity index (χ2n) is 6.51. The number of piperazine rings is 1. The average molecular weight is 406 g/mol. The van der Waals surface area contributed by atoms with Gasteiger partial charge in [-0.3, -0.25) is 4.79 Å². The molecule has 0 spiro atoms. The van der Waals surface area contributed by atoms with Crippen LogP contribution in [-0.2, 0) is 19.6 Å². The summed E-state index contributed by atoms with van der Waals surface area (Å²) in [7, 11) is -2.06. The van der Waals surface area contributed by atoms with Crippen LogP contribution in [0.5, 0.6) is 0 Å². The molecular formula is C17H28ClN3O4S. The van der Waals surface area contributed by atoms with Gasteiger partial charge in [0.1, 0.15) is 6.04 Å². The summed E-state index contributed by atoms with van der Waals surface area (Å²) in [5.41, 5.74) is 6.86. The fourth-order valence-electron chi connectivity index (χ4n) is 2.81. The highest BCUT2D eigenvalue weighted by Gasteiger charge is 2.31. The standard InChI is InChI=1S/C17H27N3O4S.ClH/c1-13(2)14-4-6-15(7-5-14)25(22,23)20-10-8-19(9-11-20)17(21)16(18)12-24-3;/h4-7,13,16H,8-12,18H2,1-3H3;1H. The zero-order chi connectivity index (χ0) is 18.6. The molecule has 1 aliphatic rings. The smallest absolute Gasteiger partial charge is 0.243 e. The Morgan fingerprint density at radius 2 is 1.69 bits per heavy atom. The second kappa shape index (κ2) is 9.66. The lowest BCUT2D eigenvalue weighted by molar-refractivity contribution is -0.134. The number of carbonyl (C=O) groups is 1. The minimum atomic E-state index is -3.54. The third-order valence-corrected chi connectivity index (χ3v) is 6.31. The lowest BCUT2D eigenvalue weighted by Crippen LogP contribution is -2.55. The Morgan fingerprint density at radius 3 is 2.15 bits per heavy atom. The van der Waals surface area contributed by atoms with Gasteiger partial charge in [0.2, 0.25) is 15.9 Å². The van der Waals surface area contributed by atoms with E-state index in [0.717, 1.165) is 5.56 Å². The van der Waals surface area contributed by atoms with Crippen molar-refractivity contribution in [3.8, 4) is 0 Å². The van der Waals surface area contributed by atoms with Crippen LogP contribution in [0.2, 0.25) is 0 Å². The third kappa shape index (κ3) is 5.17. The summed E-state index contributed by atoms with van der Waals surface area (Å²) in [6.45, 7) is 5.47. The van der Waals surface area contributed by atoms with Gasteiger partial charge in [-0.15, -0.1) is 12.4 Å². The molecular weight excluding hydrogens is 378 g/mol. The van der Waals surface area contributed by atoms with Crippen LogP contribution in [0.4, 0.5) is 0 Å². The van der Waals surface area contributed by atoms with Crippen molar-refractivity contribution in [2.24, 2.45) is 5.73 Å². The first kappa shape index (κ1) is 22.9. The van der Waals surface area contributed by atoms with Crippen molar-refractivity contribution in [1.29, 1.82) is 0 Å². The van der Waals surface area contributed by atoms with Gasteiger partial charge in [-0.25, -0.2) is 8.42 Å². The van der Waals surface area contributed by atoms with Crippen molar-refractivity contribution < 1.29 is 17.9 Å². The number of rotatable bonds is 6. The maximum absolute atomic E-state index is 12.8. The molecule has 0 aliphatic carbocycles. The molecule has 1 heterocycles. The quantitative estimate of drug-likeness (QED) is 0.763. The van der Waals surface area contributed by atoms with Crippen LogP contribution in [0.1, 0.15) is 25.3 Å². The van der Waals surface area contributed by atoms with Gasteiger partial charge in [-0.1, -0.05) is 26.0 Å². The first-order valence-electron chi connectivity index (χ1n) is 8.40.